The monoisotopic (exact) mass is 295 g/mol. The van der Waals surface area contributed by atoms with Crippen LogP contribution < -0.4 is 5.32 Å². The molecular weight excluding hydrogens is 274 g/mol. The van der Waals surface area contributed by atoms with Gasteiger partial charge in [0.05, 0.1) is 17.8 Å². The molecule has 0 radical (unpaired) electrons. The van der Waals surface area contributed by atoms with Crippen LogP contribution in [0.25, 0.3) is 0 Å². The van der Waals surface area contributed by atoms with Gasteiger partial charge in [0.1, 0.15) is 5.69 Å². The molecule has 116 valence electrons. The maximum absolute atomic E-state index is 12.3. The molecule has 1 aromatic heterocycles. The number of H-pyrrole nitrogens is 1. The van der Waals surface area contributed by atoms with Crippen LogP contribution in [0.15, 0.2) is 6.07 Å². The van der Waals surface area contributed by atoms with Crippen LogP contribution >= 0.6 is 0 Å². The number of aromatic amines is 1. The highest BCUT2D eigenvalue weighted by Gasteiger charge is 2.33. The van der Waals surface area contributed by atoms with Gasteiger partial charge in [0, 0.05) is 19.3 Å². The molecule has 0 aromatic carbocycles. The molecule has 7 nitrogen and oxygen atoms in total. The number of likely N-dealkylation sites (tertiary alicyclic amines) is 1. The van der Waals surface area contributed by atoms with Crippen LogP contribution in [0.3, 0.4) is 0 Å². The summed E-state index contributed by atoms with van der Waals surface area (Å²) in [6.45, 7) is 4.83. The smallest absolute Gasteiger partial charge is 0.354 e. The van der Waals surface area contributed by atoms with E-state index in [1.807, 2.05) is 6.92 Å². The number of urea groups is 1. The predicted molar refractivity (Wildman–Crippen MR) is 77.7 cm³/mol. The first-order valence-corrected chi connectivity index (χ1v) is 6.88. The molecule has 2 rings (SSSR count). The number of nitrogens with one attached hydrogen (secondary N) is 2. The van der Waals surface area contributed by atoms with E-state index in [4.69, 9.17) is 9.84 Å². The number of hydrogen-bond acceptors (Lipinski definition) is 3. The topological polar surface area (TPSA) is 94.7 Å². The molecule has 1 aromatic rings. The fraction of sp³-hybridized carbons (Fsp3) is 0.571. The fourth-order valence-corrected chi connectivity index (χ4v) is 2.60. The minimum atomic E-state index is -1.10. The summed E-state index contributed by atoms with van der Waals surface area (Å²) in [6, 6.07) is 1.31. The number of anilines is 1. The van der Waals surface area contributed by atoms with Gasteiger partial charge in [0.25, 0.3) is 0 Å². The van der Waals surface area contributed by atoms with Crippen molar-refractivity contribution in [3.63, 3.8) is 0 Å². The molecule has 1 fully saturated rings. The van der Waals surface area contributed by atoms with Crippen molar-refractivity contribution >= 4 is 17.7 Å². The second-order valence-corrected chi connectivity index (χ2v) is 5.66. The molecule has 2 heterocycles. The maximum atomic E-state index is 12.3. The average molecular weight is 295 g/mol. The van der Waals surface area contributed by atoms with Gasteiger partial charge in [-0.1, -0.05) is 0 Å². The summed E-state index contributed by atoms with van der Waals surface area (Å²) in [5.41, 5.74) is 0.615. The van der Waals surface area contributed by atoms with Gasteiger partial charge in [-0.25, -0.2) is 9.59 Å². The van der Waals surface area contributed by atoms with E-state index >= 15 is 0 Å². The van der Waals surface area contributed by atoms with Crippen LogP contribution in [-0.4, -0.2) is 52.8 Å². The number of ether oxygens (including phenoxy) is 1. The lowest BCUT2D eigenvalue weighted by atomic mass is 9.95. The Bertz CT molecular complexity index is 554. The molecule has 2 amide bonds. The van der Waals surface area contributed by atoms with Crippen molar-refractivity contribution in [2.75, 3.05) is 25.5 Å². The highest BCUT2D eigenvalue weighted by molar-refractivity contribution is 5.99. The number of hydrogen-bond donors (Lipinski definition) is 3. The molecule has 3 N–H and O–H groups in total. The van der Waals surface area contributed by atoms with Crippen LogP contribution in [-0.2, 0) is 4.74 Å². The van der Waals surface area contributed by atoms with Gasteiger partial charge in [-0.3, -0.25) is 0 Å². The van der Waals surface area contributed by atoms with Crippen molar-refractivity contribution in [3.8, 4) is 0 Å². The van der Waals surface area contributed by atoms with Crippen LogP contribution in [0.5, 0.6) is 0 Å². The normalized spacial score (nSPS) is 22.1. The number of amides is 2. The van der Waals surface area contributed by atoms with E-state index in [1.54, 1.807) is 25.0 Å². The summed E-state index contributed by atoms with van der Waals surface area (Å²) < 4.78 is 5.45. The average Bonchev–Trinajstić information content (AvgIpc) is 2.80. The van der Waals surface area contributed by atoms with Crippen molar-refractivity contribution in [3.05, 3.63) is 17.5 Å². The Morgan fingerprint density at radius 1 is 1.52 bits per heavy atom. The van der Waals surface area contributed by atoms with Crippen LogP contribution in [0.4, 0.5) is 10.5 Å². The molecule has 1 aliphatic heterocycles. The Morgan fingerprint density at radius 2 is 2.24 bits per heavy atom. The zero-order chi connectivity index (χ0) is 15.6. The molecule has 1 aliphatic rings. The Kier molecular flexibility index (Phi) is 4.22. The minimum absolute atomic E-state index is 0.00707. The third-order valence-corrected chi connectivity index (χ3v) is 3.85. The SMILES string of the molecule is COC1(C)CCCN(C(=O)Nc2cc(C)[nH]c2C(=O)O)C1. The van der Waals surface area contributed by atoms with Crippen LogP contribution in [0.2, 0.25) is 0 Å². The van der Waals surface area contributed by atoms with E-state index < -0.39 is 5.97 Å². The first-order valence-electron chi connectivity index (χ1n) is 6.88. The molecule has 0 bridgehead atoms. The summed E-state index contributed by atoms with van der Waals surface area (Å²) in [5, 5.41) is 11.8. The Labute approximate surface area is 123 Å². The lowest BCUT2D eigenvalue weighted by Gasteiger charge is -2.39. The molecule has 1 unspecified atom stereocenters. The van der Waals surface area contributed by atoms with Gasteiger partial charge in [-0.15, -0.1) is 0 Å². The number of piperidine rings is 1. The second kappa shape index (κ2) is 5.77. The van der Waals surface area contributed by atoms with E-state index in [0.29, 0.717) is 18.8 Å². The van der Waals surface area contributed by atoms with Gasteiger partial charge in [0.15, 0.2) is 0 Å². The quantitative estimate of drug-likeness (QED) is 0.795. The van der Waals surface area contributed by atoms with E-state index in [9.17, 15) is 9.59 Å². The lowest BCUT2D eigenvalue weighted by Crippen LogP contribution is -2.50. The van der Waals surface area contributed by atoms with Gasteiger partial charge >= 0.3 is 12.0 Å². The van der Waals surface area contributed by atoms with E-state index in [1.165, 1.54) is 0 Å². The Balaban J connectivity index is 2.10. The molecule has 7 heteroatoms. The Morgan fingerprint density at radius 3 is 2.86 bits per heavy atom. The third kappa shape index (κ3) is 3.36. The summed E-state index contributed by atoms with van der Waals surface area (Å²) in [6.07, 6.45) is 1.76. The van der Waals surface area contributed by atoms with Crippen molar-refractivity contribution in [2.24, 2.45) is 0 Å². The number of nitrogens with zero attached hydrogens (tertiary/aromatic N) is 1. The molecule has 0 spiro atoms. The lowest BCUT2D eigenvalue weighted by molar-refractivity contribution is -0.0389. The number of methoxy groups -OCH3 is 1. The van der Waals surface area contributed by atoms with Crippen molar-refractivity contribution in [1.29, 1.82) is 0 Å². The second-order valence-electron chi connectivity index (χ2n) is 5.66. The fourth-order valence-electron chi connectivity index (χ4n) is 2.60. The number of rotatable bonds is 3. The van der Waals surface area contributed by atoms with Gasteiger partial charge < -0.3 is 25.0 Å². The summed E-state index contributed by atoms with van der Waals surface area (Å²) in [7, 11) is 1.64. The number of carboxylic acids is 1. The highest BCUT2D eigenvalue weighted by atomic mass is 16.5. The molecule has 0 saturated carbocycles. The third-order valence-electron chi connectivity index (χ3n) is 3.85. The predicted octanol–water partition coefficient (Wildman–Crippen LogP) is 2.05. The first-order chi connectivity index (χ1) is 9.84. The molecule has 1 saturated heterocycles. The summed E-state index contributed by atoms with van der Waals surface area (Å²) in [4.78, 5) is 27.8. The van der Waals surface area contributed by atoms with E-state index in [0.717, 1.165) is 12.8 Å². The molecule has 21 heavy (non-hydrogen) atoms. The van der Waals surface area contributed by atoms with Crippen LogP contribution in [0.1, 0.15) is 35.9 Å². The zero-order valence-corrected chi connectivity index (χ0v) is 12.5. The first kappa shape index (κ1) is 15.4. The number of aromatic carboxylic acids is 1. The zero-order valence-electron chi connectivity index (χ0n) is 12.5. The number of aryl methyl sites for hydroxylation is 1. The van der Waals surface area contributed by atoms with Crippen LogP contribution in [0, 0.1) is 6.92 Å². The molecular formula is C14H21N3O4. The van der Waals surface area contributed by atoms with Crippen molar-refractivity contribution in [2.45, 2.75) is 32.3 Å². The largest absolute Gasteiger partial charge is 0.477 e. The number of carboxylic acid groups (broad SMARTS) is 1. The number of carbonyl (C=O) groups excluding carboxylic acids is 1. The Hall–Kier alpha value is -2.02. The maximum Gasteiger partial charge on any atom is 0.354 e. The highest BCUT2D eigenvalue weighted by Crippen LogP contribution is 2.25. The molecule has 0 aliphatic carbocycles. The number of aromatic nitrogens is 1. The number of carbonyl (C=O) groups is 2. The van der Waals surface area contributed by atoms with E-state index in [-0.39, 0.29) is 23.0 Å². The van der Waals surface area contributed by atoms with Gasteiger partial charge in [-0.2, -0.15) is 0 Å². The summed E-state index contributed by atoms with van der Waals surface area (Å²) >= 11 is 0. The van der Waals surface area contributed by atoms with Gasteiger partial charge in [0.2, 0.25) is 0 Å². The van der Waals surface area contributed by atoms with E-state index in [2.05, 4.69) is 10.3 Å². The minimum Gasteiger partial charge on any atom is -0.477 e. The van der Waals surface area contributed by atoms with Crippen molar-refractivity contribution in [1.82, 2.24) is 9.88 Å². The van der Waals surface area contributed by atoms with Gasteiger partial charge in [-0.05, 0) is 32.8 Å². The van der Waals surface area contributed by atoms with Crippen molar-refractivity contribution < 1.29 is 19.4 Å². The standard InChI is InChI=1S/C14H21N3O4/c1-9-7-10(11(15-9)12(18)19)16-13(20)17-6-4-5-14(2,8-17)21-3/h7,15H,4-6,8H2,1-3H3,(H,16,20)(H,18,19). The molecule has 1 atom stereocenters. The summed E-state index contributed by atoms with van der Waals surface area (Å²) in [5.74, 6) is -1.10.